The van der Waals surface area contributed by atoms with Gasteiger partial charge in [0.05, 0.1) is 0 Å². The van der Waals surface area contributed by atoms with E-state index in [2.05, 4.69) is 16.6 Å². The van der Waals surface area contributed by atoms with Crippen molar-refractivity contribution in [3.8, 4) is 0 Å². The molecule has 1 N–H and O–H groups in total. The van der Waals surface area contributed by atoms with Crippen LogP contribution in [-0.4, -0.2) is 31.5 Å². The van der Waals surface area contributed by atoms with Gasteiger partial charge in [0.2, 0.25) is 10.0 Å². The van der Waals surface area contributed by atoms with Gasteiger partial charge in [0.1, 0.15) is 10.0 Å². The zero-order chi connectivity index (χ0) is 12.9. The summed E-state index contributed by atoms with van der Waals surface area (Å²) in [5.74, 6) is 0. The zero-order valence-electron chi connectivity index (χ0n) is 9.68. The fourth-order valence-corrected chi connectivity index (χ4v) is 2.58. The Labute approximate surface area is 111 Å². The maximum Gasteiger partial charge on any atom is 0.242 e. The highest BCUT2D eigenvalue weighted by atomic mass is 35.5. The number of aromatic nitrogens is 1. The summed E-state index contributed by atoms with van der Waals surface area (Å²) in [6.07, 6.45) is 4.05. The average molecular weight is 295 g/mol. The second-order valence-electron chi connectivity index (χ2n) is 3.55. The van der Waals surface area contributed by atoms with Crippen LogP contribution in [0.4, 0.5) is 0 Å². The summed E-state index contributed by atoms with van der Waals surface area (Å²) in [7, 11) is -3.46. The third kappa shape index (κ3) is 4.83. The predicted molar refractivity (Wildman–Crippen MR) is 72.0 cm³/mol. The first-order chi connectivity index (χ1) is 7.95. The molecule has 0 radical (unpaired) electrons. The highest BCUT2D eigenvalue weighted by Crippen LogP contribution is 2.12. The number of sulfonamides is 1. The Kier molecular flexibility index (Phi) is 5.72. The van der Waals surface area contributed by atoms with Gasteiger partial charge in [0.15, 0.2) is 0 Å². The van der Waals surface area contributed by atoms with Gasteiger partial charge in [0, 0.05) is 18.0 Å². The molecule has 0 fully saturated rings. The number of pyridine rings is 1. The van der Waals surface area contributed by atoms with Crippen LogP contribution in [0, 0.1) is 0 Å². The lowest BCUT2D eigenvalue weighted by molar-refractivity contribution is 0.578. The van der Waals surface area contributed by atoms with E-state index in [1.165, 1.54) is 18.3 Å². The first-order valence-corrected chi connectivity index (χ1v) is 8.24. The van der Waals surface area contributed by atoms with E-state index in [0.29, 0.717) is 11.8 Å². The molecule has 0 aliphatic heterocycles. The SMILES string of the molecule is CSC(C)CCNS(=O)(=O)c1ccc(Cl)nc1. The molecule has 0 aromatic carbocycles. The van der Waals surface area contributed by atoms with Gasteiger partial charge in [-0.1, -0.05) is 18.5 Å². The predicted octanol–water partition coefficient (Wildman–Crippen LogP) is 2.15. The molecular weight excluding hydrogens is 280 g/mol. The van der Waals surface area contributed by atoms with E-state index in [4.69, 9.17) is 11.6 Å². The minimum absolute atomic E-state index is 0.138. The number of nitrogens with zero attached hydrogens (tertiary/aromatic N) is 1. The van der Waals surface area contributed by atoms with Crippen LogP contribution in [0.3, 0.4) is 0 Å². The number of hydrogen-bond donors (Lipinski definition) is 1. The normalized spacial score (nSPS) is 13.6. The van der Waals surface area contributed by atoms with Crippen LogP contribution in [0.25, 0.3) is 0 Å². The molecule has 0 bridgehead atoms. The fourth-order valence-electron chi connectivity index (χ4n) is 1.12. The lowest BCUT2D eigenvalue weighted by Gasteiger charge is -2.09. The van der Waals surface area contributed by atoms with Crippen molar-refractivity contribution in [2.24, 2.45) is 0 Å². The molecule has 0 spiro atoms. The third-order valence-electron chi connectivity index (χ3n) is 2.26. The number of nitrogens with one attached hydrogen (secondary N) is 1. The molecule has 1 atom stereocenters. The summed E-state index contributed by atoms with van der Waals surface area (Å²) in [5, 5.41) is 0.709. The van der Waals surface area contributed by atoms with Crippen molar-refractivity contribution in [3.05, 3.63) is 23.5 Å². The summed E-state index contributed by atoms with van der Waals surface area (Å²) in [6, 6.07) is 2.90. The Morgan fingerprint density at radius 2 is 2.24 bits per heavy atom. The van der Waals surface area contributed by atoms with E-state index in [-0.39, 0.29) is 10.0 Å². The molecule has 1 aromatic rings. The average Bonchev–Trinajstić information content (AvgIpc) is 2.29. The van der Waals surface area contributed by atoms with E-state index in [1.54, 1.807) is 11.8 Å². The third-order valence-corrected chi connectivity index (χ3v) is 4.97. The first-order valence-electron chi connectivity index (χ1n) is 5.09. The smallest absolute Gasteiger partial charge is 0.242 e. The molecule has 96 valence electrons. The van der Waals surface area contributed by atoms with Crippen molar-refractivity contribution in [1.82, 2.24) is 9.71 Å². The molecular formula is C10H15ClN2O2S2. The molecule has 0 aliphatic carbocycles. The monoisotopic (exact) mass is 294 g/mol. The summed E-state index contributed by atoms with van der Waals surface area (Å²) >= 11 is 7.31. The highest BCUT2D eigenvalue weighted by Gasteiger charge is 2.14. The van der Waals surface area contributed by atoms with E-state index in [0.717, 1.165) is 6.42 Å². The van der Waals surface area contributed by atoms with Crippen molar-refractivity contribution in [1.29, 1.82) is 0 Å². The number of hydrogen-bond acceptors (Lipinski definition) is 4. The van der Waals surface area contributed by atoms with Crippen molar-refractivity contribution in [3.63, 3.8) is 0 Å². The molecule has 1 unspecified atom stereocenters. The van der Waals surface area contributed by atoms with Crippen LogP contribution < -0.4 is 4.72 Å². The maximum absolute atomic E-state index is 11.8. The van der Waals surface area contributed by atoms with Crippen molar-refractivity contribution >= 4 is 33.4 Å². The Balaban J connectivity index is 2.60. The van der Waals surface area contributed by atoms with Gasteiger partial charge < -0.3 is 0 Å². The topological polar surface area (TPSA) is 59.1 Å². The lowest BCUT2D eigenvalue weighted by atomic mass is 10.3. The van der Waals surface area contributed by atoms with Gasteiger partial charge in [0.25, 0.3) is 0 Å². The zero-order valence-corrected chi connectivity index (χ0v) is 12.1. The summed E-state index contributed by atoms with van der Waals surface area (Å²) in [6.45, 7) is 2.48. The summed E-state index contributed by atoms with van der Waals surface area (Å²) in [4.78, 5) is 3.88. The molecule has 1 heterocycles. The molecule has 1 rings (SSSR count). The number of halogens is 1. The Hall–Kier alpha value is -0.300. The quantitative estimate of drug-likeness (QED) is 0.817. The first kappa shape index (κ1) is 14.8. The molecule has 0 saturated heterocycles. The van der Waals surface area contributed by atoms with Crippen LogP contribution in [0.2, 0.25) is 5.15 Å². The summed E-state index contributed by atoms with van der Waals surface area (Å²) < 4.78 is 26.2. The largest absolute Gasteiger partial charge is 0.243 e. The molecule has 17 heavy (non-hydrogen) atoms. The maximum atomic E-state index is 11.8. The fraction of sp³-hybridized carbons (Fsp3) is 0.500. The minimum atomic E-state index is -3.46. The summed E-state index contributed by atoms with van der Waals surface area (Å²) in [5.41, 5.74) is 0. The Morgan fingerprint density at radius 1 is 1.53 bits per heavy atom. The van der Waals surface area contributed by atoms with Gasteiger partial charge in [-0.05, 0) is 24.8 Å². The standard InChI is InChI=1S/C10H15ClN2O2S2/c1-8(16-2)5-6-13-17(14,15)9-3-4-10(11)12-7-9/h3-4,7-8,13H,5-6H2,1-2H3. The Morgan fingerprint density at radius 3 is 2.76 bits per heavy atom. The van der Waals surface area contributed by atoms with Crippen LogP contribution in [0.1, 0.15) is 13.3 Å². The van der Waals surface area contributed by atoms with Gasteiger partial charge in [-0.25, -0.2) is 18.1 Å². The van der Waals surface area contributed by atoms with Gasteiger partial charge in [-0.2, -0.15) is 11.8 Å². The second-order valence-corrected chi connectivity index (χ2v) is 6.98. The van der Waals surface area contributed by atoms with E-state index in [1.807, 2.05) is 6.26 Å². The van der Waals surface area contributed by atoms with E-state index < -0.39 is 10.0 Å². The molecule has 0 saturated carbocycles. The molecule has 7 heteroatoms. The molecule has 0 aliphatic rings. The molecule has 4 nitrogen and oxygen atoms in total. The van der Waals surface area contributed by atoms with Crippen molar-refractivity contribution in [2.75, 3.05) is 12.8 Å². The lowest BCUT2D eigenvalue weighted by Crippen LogP contribution is -2.26. The molecule has 0 amide bonds. The van der Waals surface area contributed by atoms with Gasteiger partial charge in [-0.3, -0.25) is 0 Å². The van der Waals surface area contributed by atoms with Crippen LogP contribution in [0.15, 0.2) is 23.2 Å². The minimum Gasteiger partial charge on any atom is -0.243 e. The van der Waals surface area contributed by atoms with Crippen LogP contribution in [-0.2, 0) is 10.0 Å². The van der Waals surface area contributed by atoms with E-state index in [9.17, 15) is 8.42 Å². The van der Waals surface area contributed by atoms with E-state index >= 15 is 0 Å². The highest BCUT2D eigenvalue weighted by molar-refractivity contribution is 7.99. The number of rotatable bonds is 6. The van der Waals surface area contributed by atoms with Crippen molar-refractivity contribution < 1.29 is 8.42 Å². The van der Waals surface area contributed by atoms with Gasteiger partial charge in [-0.15, -0.1) is 0 Å². The second kappa shape index (κ2) is 6.58. The Bertz CT molecular complexity index is 448. The molecule has 1 aromatic heterocycles. The van der Waals surface area contributed by atoms with Crippen LogP contribution in [0.5, 0.6) is 0 Å². The number of thioether (sulfide) groups is 1. The van der Waals surface area contributed by atoms with Crippen LogP contribution >= 0.6 is 23.4 Å². The van der Waals surface area contributed by atoms with Gasteiger partial charge >= 0.3 is 0 Å². The van der Waals surface area contributed by atoms with Crippen molar-refractivity contribution in [2.45, 2.75) is 23.5 Å².